The molecule has 0 saturated carbocycles. The molecule has 206 valence electrons. The molecular weight excluding hydrogens is 492 g/mol. The maximum Gasteiger partial charge on any atom is 0.271 e. The van der Waals surface area contributed by atoms with E-state index in [1.807, 2.05) is 38.0 Å². The number of carbonyl (C=O) groups excluding carboxylic acids is 2. The molecule has 0 saturated heterocycles. The molecule has 0 spiro atoms. The Kier molecular flexibility index (Phi) is 13.6. The van der Waals surface area contributed by atoms with E-state index in [9.17, 15) is 19.7 Å². The van der Waals surface area contributed by atoms with Crippen molar-refractivity contribution in [2.45, 2.75) is 0 Å². The number of rotatable bonds is 13. The van der Waals surface area contributed by atoms with Gasteiger partial charge in [0.05, 0.1) is 16.3 Å². The molecule has 0 heterocycles. The van der Waals surface area contributed by atoms with Gasteiger partial charge in [-0.05, 0) is 64.6 Å². The van der Waals surface area contributed by atoms with Gasteiger partial charge in [0.25, 0.3) is 5.69 Å². The zero-order chi connectivity index (χ0) is 28.7. The summed E-state index contributed by atoms with van der Waals surface area (Å²) in [6.45, 7) is 9.16. The van der Waals surface area contributed by atoms with Crippen LogP contribution in [0.1, 0.15) is 0 Å². The quantitative estimate of drug-likeness (QED) is 0.154. The first kappa shape index (κ1) is 31.6. The van der Waals surface area contributed by atoms with Crippen LogP contribution in [0.15, 0.2) is 61.7 Å². The maximum atomic E-state index is 11.3. The first-order chi connectivity index (χ1) is 18.0. The number of carbonyl (C=O) groups is 2. The number of nitrogens with two attached hydrogens (primary N) is 1. The molecule has 0 atom stereocenters. The van der Waals surface area contributed by atoms with Crippen molar-refractivity contribution in [1.82, 2.24) is 9.80 Å². The summed E-state index contributed by atoms with van der Waals surface area (Å²) < 4.78 is 11.1. The number of nitrogens with one attached hydrogen (secondary N) is 2. The van der Waals surface area contributed by atoms with Crippen LogP contribution in [0.2, 0.25) is 0 Å². The molecule has 2 aromatic carbocycles. The number of hydrogen-bond acceptors (Lipinski definition) is 9. The second-order valence-corrected chi connectivity index (χ2v) is 8.38. The molecule has 12 nitrogen and oxygen atoms in total. The Bertz CT molecular complexity index is 1120. The Hall–Kier alpha value is -4.42. The van der Waals surface area contributed by atoms with Crippen molar-refractivity contribution in [3.05, 3.63) is 71.8 Å². The highest BCUT2D eigenvalue weighted by Gasteiger charge is 2.13. The molecule has 2 amide bonds. The summed E-state index contributed by atoms with van der Waals surface area (Å²) in [6.07, 6.45) is 2.29. The standard InChI is InChI=1S/C13H17N3O4.C13H19N3O2/c1-4-13(17)14-11-9-10(16(18)19)5-6-12(11)20-8-7-15(2)3;1-4-13(17)15-11-9-10(14)5-6-12(11)18-8-7-16(2)3/h4-6,9H,1,7-8H2,2-3H3,(H,14,17);4-6,9H,1,7-8,14H2,2-3H3,(H,15,17). The molecule has 0 unspecified atom stereocenters. The van der Waals surface area contributed by atoms with Crippen molar-refractivity contribution in [3.63, 3.8) is 0 Å². The van der Waals surface area contributed by atoms with Gasteiger partial charge in [0.15, 0.2) is 0 Å². The number of benzene rings is 2. The predicted octanol–water partition coefficient (Wildman–Crippen LogP) is 2.99. The average molecular weight is 529 g/mol. The Morgan fingerprint density at radius 2 is 1.34 bits per heavy atom. The van der Waals surface area contributed by atoms with Gasteiger partial charge in [-0.1, -0.05) is 13.2 Å². The molecule has 4 N–H and O–H groups in total. The fraction of sp³-hybridized carbons (Fsp3) is 0.308. The molecule has 0 radical (unpaired) electrons. The van der Waals surface area contributed by atoms with E-state index in [1.165, 1.54) is 24.3 Å². The lowest BCUT2D eigenvalue weighted by Crippen LogP contribution is -2.20. The first-order valence-electron chi connectivity index (χ1n) is 11.6. The molecule has 0 aliphatic heterocycles. The highest BCUT2D eigenvalue weighted by molar-refractivity contribution is 6.00. The monoisotopic (exact) mass is 528 g/mol. The van der Waals surface area contributed by atoms with Gasteiger partial charge in [-0.2, -0.15) is 0 Å². The van der Waals surface area contributed by atoms with E-state index in [1.54, 1.807) is 18.2 Å². The van der Waals surface area contributed by atoms with Gasteiger partial charge in [0.2, 0.25) is 11.8 Å². The minimum atomic E-state index is -0.535. The highest BCUT2D eigenvalue weighted by Crippen LogP contribution is 2.29. The third kappa shape index (κ3) is 12.0. The smallest absolute Gasteiger partial charge is 0.271 e. The number of amides is 2. The molecule has 38 heavy (non-hydrogen) atoms. The van der Waals surface area contributed by atoms with Crippen LogP contribution >= 0.6 is 0 Å². The van der Waals surface area contributed by atoms with E-state index < -0.39 is 10.8 Å². The Morgan fingerprint density at radius 1 is 0.895 bits per heavy atom. The summed E-state index contributed by atoms with van der Waals surface area (Å²) >= 11 is 0. The van der Waals surface area contributed by atoms with Gasteiger partial charge in [-0.3, -0.25) is 19.7 Å². The molecule has 0 aromatic heterocycles. The molecular formula is C26H36N6O6. The van der Waals surface area contributed by atoms with Gasteiger partial charge in [0.1, 0.15) is 24.7 Å². The molecule has 0 bridgehead atoms. The van der Waals surface area contributed by atoms with E-state index in [0.29, 0.717) is 42.6 Å². The molecule has 0 aliphatic carbocycles. The number of anilines is 3. The van der Waals surface area contributed by atoms with Gasteiger partial charge >= 0.3 is 0 Å². The number of ether oxygens (including phenoxy) is 2. The van der Waals surface area contributed by atoms with Gasteiger partial charge in [-0.15, -0.1) is 0 Å². The molecule has 2 rings (SSSR count). The van der Waals surface area contributed by atoms with Crippen LogP contribution in [-0.4, -0.2) is 81.0 Å². The van der Waals surface area contributed by atoms with Crippen LogP contribution in [0.5, 0.6) is 11.5 Å². The SMILES string of the molecule is C=CC(=O)Nc1cc(N)ccc1OCCN(C)C.C=CC(=O)Nc1cc([N+](=O)[O-])ccc1OCCN(C)C. The Labute approximate surface area is 222 Å². The average Bonchev–Trinajstić information content (AvgIpc) is 2.85. The van der Waals surface area contributed by atoms with Crippen molar-refractivity contribution in [3.8, 4) is 11.5 Å². The van der Waals surface area contributed by atoms with Crippen LogP contribution in [0.4, 0.5) is 22.7 Å². The van der Waals surface area contributed by atoms with E-state index in [2.05, 4.69) is 23.8 Å². The lowest BCUT2D eigenvalue weighted by Gasteiger charge is -2.14. The highest BCUT2D eigenvalue weighted by atomic mass is 16.6. The molecule has 0 fully saturated rings. The molecule has 12 heteroatoms. The van der Waals surface area contributed by atoms with Crippen LogP contribution in [0.25, 0.3) is 0 Å². The normalized spacial score (nSPS) is 10.2. The van der Waals surface area contributed by atoms with Crippen LogP contribution in [-0.2, 0) is 9.59 Å². The number of likely N-dealkylation sites (N-methyl/N-ethyl adjacent to an activating group) is 2. The maximum absolute atomic E-state index is 11.3. The Balaban J connectivity index is 0.000000382. The minimum Gasteiger partial charge on any atom is -0.490 e. The van der Waals surface area contributed by atoms with Crippen LogP contribution in [0.3, 0.4) is 0 Å². The van der Waals surface area contributed by atoms with Crippen LogP contribution < -0.4 is 25.8 Å². The summed E-state index contributed by atoms with van der Waals surface area (Å²) in [5.74, 6) is 0.231. The fourth-order valence-electron chi connectivity index (χ4n) is 2.67. The van der Waals surface area contributed by atoms with E-state index >= 15 is 0 Å². The first-order valence-corrected chi connectivity index (χ1v) is 11.6. The van der Waals surface area contributed by atoms with Crippen molar-refractivity contribution in [2.75, 3.05) is 70.9 Å². The second kappa shape index (κ2) is 16.3. The number of nitrogens with zero attached hydrogens (tertiary/aromatic N) is 3. The zero-order valence-electron chi connectivity index (χ0n) is 22.2. The number of nitrogen functional groups attached to an aromatic ring is 1. The van der Waals surface area contributed by atoms with Crippen molar-refractivity contribution >= 4 is 34.6 Å². The van der Waals surface area contributed by atoms with E-state index in [-0.39, 0.29) is 17.3 Å². The Morgan fingerprint density at radius 3 is 1.76 bits per heavy atom. The van der Waals surface area contributed by atoms with Gasteiger partial charge in [0, 0.05) is 30.9 Å². The number of non-ortho nitro benzene ring substituents is 1. The summed E-state index contributed by atoms with van der Waals surface area (Å²) in [7, 11) is 7.73. The predicted molar refractivity (Wildman–Crippen MR) is 150 cm³/mol. The van der Waals surface area contributed by atoms with Crippen molar-refractivity contribution in [2.24, 2.45) is 0 Å². The largest absolute Gasteiger partial charge is 0.490 e. The number of nitro benzene ring substituents is 1. The summed E-state index contributed by atoms with van der Waals surface area (Å²) in [5.41, 5.74) is 6.93. The third-order valence-corrected chi connectivity index (χ3v) is 4.66. The lowest BCUT2D eigenvalue weighted by molar-refractivity contribution is -0.384. The van der Waals surface area contributed by atoms with E-state index in [0.717, 1.165) is 12.6 Å². The summed E-state index contributed by atoms with van der Waals surface area (Å²) in [5, 5.41) is 15.9. The van der Waals surface area contributed by atoms with Gasteiger partial charge in [-0.25, -0.2) is 0 Å². The minimum absolute atomic E-state index is 0.121. The topological polar surface area (TPSA) is 152 Å². The third-order valence-electron chi connectivity index (χ3n) is 4.66. The summed E-state index contributed by atoms with van der Waals surface area (Å²) in [6, 6.07) is 9.18. The number of nitro groups is 1. The second-order valence-electron chi connectivity index (χ2n) is 8.38. The molecule has 2 aromatic rings. The van der Waals surface area contributed by atoms with E-state index in [4.69, 9.17) is 15.2 Å². The number of hydrogen-bond donors (Lipinski definition) is 3. The van der Waals surface area contributed by atoms with Crippen molar-refractivity contribution in [1.29, 1.82) is 0 Å². The van der Waals surface area contributed by atoms with Gasteiger partial charge < -0.3 is 35.6 Å². The summed E-state index contributed by atoms with van der Waals surface area (Å²) in [4.78, 5) is 36.8. The van der Waals surface area contributed by atoms with Crippen molar-refractivity contribution < 1.29 is 24.0 Å². The molecule has 0 aliphatic rings. The lowest BCUT2D eigenvalue weighted by atomic mass is 10.2. The fourth-order valence-corrected chi connectivity index (χ4v) is 2.67. The van der Waals surface area contributed by atoms with Crippen LogP contribution in [0, 0.1) is 10.1 Å². The zero-order valence-corrected chi connectivity index (χ0v) is 22.2.